The molecule has 1 unspecified atom stereocenters. The molecule has 0 spiro atoms. The van der Waals surface area contributed by atoms with Crippen LogP contribution in [-0.4, -0.2) is 54.7 Å². The van der Waals surface area contributed by atoms with Gasteiger partial charge < -0.3 is 14.8 Å². The van der Waals surface area contributed by atoms with Crippen LogP contribution in [0.15, 0.2) is 53.2 Å². The first-order valence-corrected chi connectivity index (χ1v) is 12.6. The van der Waals surface area contributed by atoms with Crippen molar-refractivity contribution in [2.24, 2.45) is 5.92 Å². The molecule has 1 atom stereocenters. The molecule has 1 saturated heterocycles. The van der Waals surface area contributed by atoms with Gasteiger partial charge in [-0.15, -0.1) is 0 Å². The van der Waals surface area contributed by atoms with Crippen molar-refractivity contribution in [1.29, 1.82) is 0 Å². The van der Waals surface area contributed by atoms with E-state index < -0.39 is 21.5 Å². The molecule has 1 aliphatic heterocycles. The van der Waals surface area contributed by atoms with E-state index in [9.17, 15) is 18.3 Å². The number of aliphatic hydroxyl groups is 1. The van der Waals surface area contributed by atoms with E-state index in [0.29, 0.717) is 12.0 Å². The quantitative estimate of drug-likeness (QED) is 0.523. The van der Waals surface area contributed by atoms with Gasteiger partial charge in [-0.1, -0.05) is 6.92 Å². The molecule has 2 N–H and O–H groups in total. The van der Waals surface area contributed by atoms with Gasteiger partial charge in [0.25, 0.3) is 0 Å². The van der Waals surface area contributed by atoms with Crippen LogP contribution in [0.25, 0.3) is 0 Å². The number of allylic oxidation sites excluding steroid dienone is 1. The minimum Gasteiger partial charge on any atom is -0.511 e. The van der Waals surface area contributed by atoms with Gasteiger partial charge in [-0.3, -0.25) is 14.7 Å². The van der Waals surface area contributed by atoms with E-state index in [-0.39, 0.29) is 18.1 Å². The van der Waals surface area contributed by atoms with Crippen LogP contribution in [0.4, 0.5) is 0 Å². The van der Waals surface area contributed by atoms with Crippen LogP contribution in [0, 0.1) is 5.92 Å². The summed E-state index contributed by atoms with van der Waals surface area (Å²) < 4.78 is 29.0. The molecule has 9 heteroatoms. The number of rotatable bonds is 10. The predicted octanol–water partition coefficient (Wildman–Crippen LogP) is 2.62. The van der Waals surface area contributed by atoms with Crippen LogP contribution < -0.4 is 5.32 Å². The first-order chi connectivity index (χ1) is 15.3. The van der Waals surface area contributed by atoms with Crippen LogP contribution in [0.1, 0.15) is 36.6 Å². The molecule has 1 amide bonds. The Bertz CT molecular complexity index is 1020. The zero-order valence-electron chi connectivity index (χ0n) is 18.4. The molecule has 0 radical (unpaired) electrons. The van der Waals surface area contributed by atoms with Crippen molar-refractivity contribution in [1.82, 2.24) is 15.2 Å². The highest BCUT2D eigenvalue weighted by Crippen LogP contribution is 2.18. The molecule has 8 nitrogen and oxygen atoms in total. The second-order valence-electron chi connectivity index (χ2n) is 8.48. The normalized spacial score (nSPS) is 17.9. The highest BCUT2D eigenvalue weighted by molar-refractivity contribution is 7.91. The molecule has 1 aliphatic rings. The number of nitrogens with one attached hydrogen (secondary N) is 1. The Labute approximate surface area is 189 Å². The largest absolute Gasteiger partial charge is 0.511 e. The molecule has 1 fully saturated rings. The van der Waals surface area contributed by atoms with E-state index in [1.807, 2.05) is 12.1 Å². The zero-order valence-corrected chi connectivity index (χ0v) is 19.2. The minimum atomic E-state index is -3.61. The van der Waals surface area contributed by atoms with Crippen LogP contribution in [-0.2, 0) is 33.4 Å². The fourth-order valence-corrected chi connectivity index (χ4v) is 5.12. The average Bonchev–Trinajstić information content (AvgIpc) is 3.23. The van der Waals surface area contributed by atoms with Gasteiger partial charge in [-0.05, 0) is 55.1 Å². The third-order valence-corrected chi connectivity index (χ3v) is 6.83. The van der Waals surface area contributed by atoms with E-state index in [4.69, 9.17) is 4.42 Å². The first kappa shape index (κ1) is 24.0. The molecular formula is C23H31N3O5S. The molecule has 0 bridgehead atoms. The molecular weight excluding hydrogens is 430 g/mol. The number of hydrogen-bond donors (Lipinski definition) is 2. The maximum atomic E-state index is 12.1. The Morgan fingerprint density at radius 3 is 2.97 bits per heavy atom. The second kappa shape index (κ2) is 11.3. The number of nitrogens with zero attached hydrogens (tertiary/aromatic N) is 2. The summed E-state index contributed by atoms with van der Waals surface area (Å²) in [4.78, 5) is 18.8. The summed E-state index contributed by atoms with van der Waals surface area (Å²) >= 11 is 0. The Kier molecular flexibility index (Phi) is 8.46. The lowest BCUT2D eigenvalue weighted by Crippen LogP contribution is -2.33. The fourth-order valence-electron chi connectivity index (χ4n) is 3.84. The zero-order chi connectivity index (χ0) is 23.0. The lowest BCUT2D eigenvalue weighted by molar-refractivity contribution is -0.118. The molecule has 3 rings (SSSR count). The number of amides is 1. The number of aromatic nitrogens is 1. The molecule has 0 saturated carbocycles. The predicted molar refractivity (Wildman–Crippen MR) is 122 cm³/mol. The number of likely N-dealkylation sites (tertiary alicyclic amines) is 1. The van der Waals surface area contributed by atoms with E-state index in [1.54, 1.807) is 18.3 Å². The number of carbonyl (C=O) groups is 1. The highest BCUT2D eigenvalue weighted by atomic mass is 32.2. The lowest BCUT2D eigenvalue weighted by Gasteiger charge is -2.30. The van der Waals surface area contributed by atoms with Gasteiger partial charge in [-0.25, -0.2) is 8.42 Å². The number of furan rings is 1. The maximum Gasteiger partial charge on any atom is 0.235 e. The van der Waals surface area contributed by atoms with Crippen molar-refractivity contribution in [3.05, 3.63) is 65.6 Å². The van der Waals surface area contributed by atoms with Gasteiger partial charge in [-0.2, -0.15) is 0 Å². The van der Waals surface area contributed by atoms with Gasteiger partial charge in [0.2, 0.25) is 5.91 Å². The summed E-state index contributed by atoms with van der Waals surface area (Å²) in [6, 6.07) is 5.58. The summed E-state index contributed by atoms with van der Waals surface area (Å²) in [7, 11) is -3.61. The van der Waals surface area contributed by atoms with Crippen LogP contribution >= 0.6 is 0 Å². The van der Waals surface area contributed by atoms with Crippen molar-refractivity contribution < 1.29 is 22.7 Å². The van der Waals surface area contributed by atoms with Gasteiger partial charge in [0, 0.05) is 37.0 Å². The van der Waals surface area contributed by atoms with Crippen molar-refractivity contribution >= 4 is 15.7 Å². The average molecular weight is 462 g/mol. The third kappa shape index (κ3) is 8.12. The SMILES string of the molecule is CC1CCCN(Cc2ccnc(C/C=C(\O)CNC(=O)CS(=O)(=O)Cc3ccoc3)c2)C1. The Morgan fingerprint density at radius 1 is 1.38 bits per heavy atom. The number of carbonyl (C=O) groups excluding carboxylic acids is 1. The summed E-state index contributed by atoms with van der Waals surface area (Å²) in [6.45, 7) is 5.26. The highest BCUT2D eigenvalue weighted by Gasteiger charge is 2.18. The number of piperidine rings is 1. The van der Waals surface area contributed by atoms with Gasteiger partial charge in [0.1, 0.15) is 11.5 Å². The third-order valence-electron chi connectivity index (χ3n) is 5.36. The van der Waals surface area contributed by atoms with Crippen molar-refractivity contribution in [2.75, 3.05) is 25.4 Å². The number of aliphatic hydroxyl groups excluding tert-OH is 1. The van der Waals surface area contributed by atoms with Crippen LogP contribution in [0.2, 0.25) is 0 Å². The van der Waals surface area contributed by atoms with Crippen molar-refractivity contribution in [2.45, 2.75) is 38.5 Å². The van der Waals surface area contributed by atoms with E-state index in [2.05, 4.69) is 22.1 Å². The summed E-state index contributed by atoms with van der Waals surface area (Å²) in [5.74, 6) is -0.894. The summed E-state index contributed by atoms with van der Waals surface area (Å²) in [5.41, 5.74) is 2.51. The molecule has 0 aromatic carbocycles. The Morgan fingerprint density at radius 2 is 2.22 bits per heavy atom. The topological polar surface area (TPSA) is 113 Å². The fraction of sp³-hybridized carbons (Fsp3) is 0.478. The van der Waals surface area contributed by atoms with Crippen molar-refractivity contribution in [3.63, 3.8) is 0 Å². The molecule has 174 valence electrons. The first-order valence-electron chi connectivity index (χ1n) is 10.8. The number of pyridine rings is 1. The summed E-state index contributed by atoms with van der Waals surface area (Å²) in [5, 5.41) is 12.5. The Hall–Kier alpha value is -2.65. The standard InChI is InChI=1S/C23H31N3O5S/c1-18-3-2-9-26(13-18)14-19-6-8-24-21(11-19)4-5-22(27)12-25-23(28)17-32(29,30)16-20-7-10-31-15-20/h5-8,10-11,15,18,27H,2-4,9,12-14,16-17H2,1H3,(H,25,28)/b22-5-. The number of sulfone groups is 1. The maximum absolute atomic E-state index is 12.1. The monoisotopic (exact) mass is 461 g/mol. The minimum absolute atomic E-state index is 0.0392. The van der Waals surface area contributed by atoms with Crippen LogP contribution in [0.5, 0.6) is 0 Å². The Balaban J connectivity index is 1.44. The van der Waals surface area contributed by atoms with Gasteiger partial charge >= 0.3 is 0 Å². The smallest absolute Gasteiger partial charge is 0.235 e. The van der Waals surface area contributed by atoms with Gasteiger partial charge in [0.05, 0.1) is 24.8 Å². The number of hydrogen-bond acceptors (Lipinski definition) is 7. The molecule has 3 heterocycles. The van der Waals surface area contributed by atoms with Crippen LogP contribution in [0.3, 0.4) is 0 Å². The molecule has 2 aromatic rings. The molecule has 2 aromatic heterocycles. The second-order valence-corrected chi connectivity index (χ2v) is 10.5. The summed E-state index contributed by atoms with van der Waals surface area (Å²) in [6.07, 6.45) is 9.00. The van der Waals surface area contributed by atoms with E-state index >= 15 is 0 Å². The molecule has 32 heavy (non-hydrogen) atoms. The lowest BCUT2D eigenvalue weighted by atomic mass is 10.00. The van der Waals surface area contributed by atoms with Crippen molar-refractivity contribution in [3.8, 4) is 0 Å². The van der Waals surface area contributed by atoms with Gasteiger partial charge in [0.15, 0.2) is 9.84 Å². The molecule has 0 aliphatic carbocycles. The van der Waals surface area contributed by atoms with E-state index in [0.717, 1.165) is 31.2 Å². The van der Waals surface area contributed by atoms with E-state index in [1.165, 1.54) is 30.9 Å².